The maximum atomic E-state index is 12.4. The van der Waals surface area contributed by atoms with E-state index in [2.05, 4.69) is 5.32 Å². The average Bonchev–Trinajstić information content (AvgIpc) is 2.48. The highest BCUT2D eigenvalue weighted by atomic mass is 32.2. The van der Waals surface area contributed by atoms with Crippen LogP contribution in [0.1, 0.15) is 24.0 Å². The van der Waals surface area contributed by atoms with Crippen LogP contribution in [0.15, 0.2) is 24.3 Å². The molecule has 0 aliphatic rings. The number of hydrogen-bond acceptors (Lipinski definition) is 3. The molecule has 1 rings (SSSR count). The van der Waals surface area contributed by atoms with Crippen LogP contribution < -0.4 is 5.32 Å². The summed E-state index contributed by atoms with van der Waals surface area (Å²) >= 11 is 1.62. The fraction of sp³-hybridized carbons (Fsp3) is 0.533. The number of carbonyl (C=O) groups is 1. The standard InChI is InChI=1S/C15H20F3NO2S/c1-22-9-8-13(20)10-19-14(21)7-4-11-2-5-12(6-3-11)15(16,17)18/h2-3,5-6,13,20H,4,7-10H2,1H3,(H,19,21). The van der Waals surface area contributed by atoms with Gasteiger partial charge in [-0.25, -0.2) is 0 Å². The van der Waals surface area contributed by atoms with Gasteiger partial charge in [-0.1, -0.05) is 12.1 Å². The van der Waals surface area contributed by atoms with Crippen LogP contribution in [0.3, 0.4) is 0 Å². The van der Waals surface area contributed by atoms with Crippen molar-refractivity contribution in [2.24, 2.45) is 0 Å². The lowest BCUT2D eigenvalue weighted by molar-refractivity contribution is -0.137. The van der Waals surface area contributed by atoms with Gasteiger partial charge in [0.05, 0.1) is 11.7 Å². The minimum Gasteiger partial charge on any atom is -0.391 e. The summed E-state index contributed by atoms with van der Waals surface area (Å²) < 4.78 is 37.2. The Bertz CT molecular complexity index is 463. The Morgan fingerprint density at radius 2 is 1.95 bits per heavy atom. The van der Waals surface area contributed by atoms with Crippen molar-refractivity contribution >= 4 is 17.7 Å². The van der Waals surface area contributed by atoms with Gasteiger partial charge < -0.3 is 10.4 Å². The molecule has 0 fully saturated rings. The van der Waals surface area contributed by atoms with Gasteiger partial charge in [0.25, 0.3) is 0 Å². The highest BCUT2D eigenvalue weighted by molar-refractivity contribution is 7.98. The molecule has 0 aliphatic carbocycles. The maximum Gasteiger partial charge on any atom is 0.416 e. The van der Waals surface area contributed by atoms with Crippen LogP contribution in [0.4, 0.5) is 13.2 Å². The van der Waals surface area contributed by atoms with Crippen molar-refractivity contribution < 1.29 is 23.1 Å². The number of amides is 1. The monoisotopic (exact) mass is 335 g/mol. The Kier molecular flexibility index (Phi) is 7.75. The van der Waals surface area contributed by atoms with Crippen LogP contribution in [0.2, 0.25) is 0 Å². The molecule has 0 saturated heterocycles. The third kappa shape index (κ3) is 7.17. The highest BCUT2D eigenvalue weighted by Crippen LogP contribution is 2.29. The van der Waals surface area contributed by atoms with Crippen molar-refractivity contribution in [1.82, 2.24) is 5.32 Å². The van der Waals surface area contributed by atoms with Crippen molar-refractivity contribution in [3.63, 3.8) is 0 Å². The lowest BCUT2D eigenvalue weighted by Crippen LogP contribution is -2.32. The molecule has 22 heavy (non-hydrogen) atoms. The van der Waals surface area contributed by atoms with Crippen LogP contribution in [-0.4, -0.2) is 35.7 Å². The van der Waals surface area contributed by atoms with Crippen molar-refractivity contribution in [3.05, 3.63) is 35.4 Å². The number of benzene rings is 1. The molecule has 1 amide bonds. The second-order valence-electron chi connectivity index (χ2n) is 4.93. The maximum absolute atomic E-state index is 12.4. The molecule has 1 unspecified atom stereocenters. The molecular weight excluding hydrogens is 315 g/mol. The van der Waals surface area contributed by atoms with Gasteiger partial charge in [-0.05, 0) is 42.5 Å². The average molecular weight is 335 g/mol. The van der Waals surface area contributed by atoms with Gasteiger partial charge in [0, 0.05) is 13.0 Å². The van der Waals surface area contributed by atoms with Crippen molar-refractivity contribution in [1.29, 1.82) is 0 Å². The number of aryl methyl sites for hydroxylation is 1. The molecule has 0 radical (unpaired) electrons. The molecule has 0 aliphatic heterocycles. The molecular formula is C15H20F3NO2S. The SMILES string of the molecule is CSCCC(O)CNC(=O)CCc1ccc(C(F)(F)F)cc1. The lowest BCUT2D eigenvalue weighted by Gasteiger charge is -2.11. The molecule has 0 saturated carbocycles. The van der Waals surface area contributed by atoms with E-state index in [1.807, 2.05) is 6.26 Å². The summed E-state index contributed by atoms with van der Waals surface area (Å²) in [7, 11) is 0. The molecule has 0 heterocycles. The van der Waals surface area contributed by atoms with Gasteiger partial charge in [-0.3, -0.25) is 4.79 Å². The molecule has 0 bridgehead atoms. The third-order valence-corrected chi connectivity index (χ3v) is 3.76. The van der Waals surface area contributed by atoms with E-state index in [0.29, 0.717) is 18.4 Å². The number of rotatable bonds is 8. The molecule has 2 N–H and O–H groups in total. The summed E-state index contributed by atoms with van der Waals surface area (Å²) in [4.78, 5) is 11.6. The van der Waals surface area contributed by atoms with Crippen molar-refractivity contribution in [2.75, 3.05) is 18.6 Å². The summed E-state index contributed by atoms with van der Waals surface area (Å²) in [5.74, 6) is 0.603. The van der Waals surface area contributed by atoms with E-state index in [1.54, 1.807) is 11.8 Å². The Hall–Kier alpha value is -1.21. The summed E-state index contributed by atoms with van der Waals surface area (Å²) in [6.45, 7) is 0.201. The fourth-order valence-electron chi connectivity index (χ4n) is 1.79. The first-order valence-electron chi connectivity index (χ1n) is 6.92. The minimum absolute atomic E-state index is 0.181. The third-order valence-electron chi connectivity index (χ3n) is 3.11. The van der Waals surface area contributed by atoms with Crippen LogP contribution in [-0.2, 0) is 17.4 Å². The van der Waals surface area contributed by atoms with E-state index in [-0.39, 0.29) is 18.9 Å². The summed E-state index contributed by atoms with van der Waals surface area (Å²) in [5.41, 5.74) is -0.0244. The molecule has 0 spiro atoms. The molecule has 1 aromatic carbocycles. The number of carbonyl (C=O) groups excluding carboxylic acids is 1. The molecule has 1 aromatic rings. The van der Waals surface area contributed by atoms with Crippen LogP contribution >= 0.6 is 11.8 Å². The summed E-state index contributed by atoms with van der Waals surface area (Å²) in [6.07, 6.45) is -1.81. The number of aliphatic hydroxyl groups excluding tert-OH is 1. The number of alkyl halides is 3. The van der Waals surface area contributed by atoms with E-state index in [1.165, 1.54) is 12.1 Å². The Labute approximate surface area is 132 Å². The number of halogens is 3. The zero-order valence-electron chi connectivity index (χ0n) is 12.3. The quantitative estimate of drug-likeness (QED) is 0.768. The van der Waals surface area contributed by atoms with Crippen molar-refractivity contribution in [3.8, 4) is 0 Å². The number of aliphatic hydroxyl groups is 1. The van der Waals surface area contributed by atoms with E-state index in [4.69, 9.17) is 0 Å². The van der Waals surface area contributed by atoms with Gasteiger partial charge >= 0.3 is 6.18 Å². The summed E-state index contributed by atoms with van der Waals surface area (Å²) in [6, 6.07) is 4.78. The van der Waals surface area contributed by atoms with E-state index in [0.717, 1.165) is 17.9 Å². The molecule has 3 nitrogen and oxygen atoms in total. The molecule has 7 heteroatoms. The largest absolute Gasteiger partial charge is 0.416 e. The van der Waals surface area contributed by atoms with Gasteiger partial charge in [0.15, 0.2) is 0 Å². The normalized spacial score (nSPS) is 13.0. The zero-order valence-corrected chi connectivity index (χ0v) is 13.1. The van der Waals surface area contributed by atoms with Gasteiger partial charge in [-0.2, -0.15) is 24.9 Å². The number of nitrogens with one attached hydrogen (secondary N) is 1. The van der Waals surface area contributed by atoms with Crippen LogP contribution in [0.25, 0.3) is 0 Å². The predicted octanol–water partition coefficient (Wildman–Crippen LogP) is 2.87. The Morgan fingerprint density at radius 3 is 2.50 bits per heavy atom. The Morgan fingerprint density at radius 1 is 1.32 bits per heavy atom. The smallest absolute Gasteiger partial charge is 0.391 e. The first kappa shape index (κ1) is 18.8. The molecule has 124 valence electrons. The predicted molar refractivity (Wildman–Crippen MR) is 81.8 cm³/mol. The van der Waals surface area contributed by atoms with Crippen LogP contribution in [0, 0.1) is 0 Å². The van der Waals surface area contributed by atoms with Gasteiger partial charge in [0.2, 0.25) is 5.91 Å². The topological polar surface area (TPSA) is 49.3 Å². The lowest BCUT2D eigenvalue weighted by atomic mass is 10.1. The number of hydrogen-bond donors (Lipinski definition) is 2. The fourth-order valence-corrected chi connectivity index (χ4v) is 2.30. The number of thioether (sulfide) groups is 1. The zero-order chi connectivity index (χ0) is 16.6. The van der Waals surface area contributed by atoms with Gasteiger partial charge in [-0.15, -0.1) is 0 Å². The molecule has 1 atom stereocenters. The summed E-state index contributed by atoms with van der Waals surface area (Å²) in [5, 5.41) is 12.2. The second-order valence-corrected chi connectivity index (χ2v) is 5.92. The Balaban J connectivity index is 2.32. The highest BCUT2D eigenvalue weighted by Gasteiger charge is 2.29. The van der Waals surface area contributed by atoms with E-state index >= 15 is 0 Å². The van der Waals surface area contributed by atoms with Gasteiger partial charge in [0.1, 0.15) is 0 Å². The van der Waals surface area contributed by atoms with Crippen molar-refractivity contribution in [2.45, 2.75) is 31.5 Å². The van der Waals surface area contributed by atoms with E-state index < -0.39 is 17.8 Å². The second kappa shape index (κ2) is 9.05. The molecule has 0 aromatic heterocycles. The first-order chi connectivity index (χ1) is 10.3. The minimum atomic E-state index is -4.34. The first-order valence-corrected chi connectivity index (χ1v) is 8.32. The van der Waals surface area contributed by atoms with Crippen LogP contribution in [0.5, 0.6) is 0 Å². The van der Waals surface area contributed by atoms with E-state index in [9.17, 15) is 23.1 Å².